The third kappa shape index (κ3) is 2.22. The molecule has 1 aliphatic heterocycles. The normalized spacial score (nSPS) is 41.2. The predicted molar refractivity (Wildman–Crippen MR) is 58.9 cm³/mol. The highest BCUT2D eigenvalue weighted by Gasteiger charge is 2.57. The van der Waals surface area contributed by atoms with E-state index < -0.39 is 29.6 Å². The van der Waals surface area contributed by atoms with Crippen LogP contribution in [0.3, 0.4) is 0 Å². The summed E-state index contributed by atoms with van der Waals surface area (Å²) < 4.78 is 10.6. The number of carbonyl (C=O) groups excluding carboxylic acids is 1. The number of fused-ring (bicyclic) bond motifs is 2. The lowest BCUT2D eigenvalue weighted by molar-refractivity contribution is -0.230. The maximum Gasteiger partial charge on any atom is 0.338 e. The van der Waals surface area contributed by atoms with E-state index in [1.54, 1.807) is 6.08 Å². The number of hydrogen-bond donors (Lipinski definition) is 2. The number of carbonyl (C=O) groups is 1. The van der Waals surface area contributed by atoms with Crippen molar-refractivity contribution in [3.8, 4) is 0 Å². The van der Waals surface area contributed by atoms with Crippen LogP contribution < -0.4 is 0 Å². The molecule has 0 aromatic heterocycles. The van der Waals surface area contributed by atoms with Gasteiger partial charge in [0.15, 0.2) is 11.4 Å². The van der Waals surface area contributed by atoms with Crippen molar-refractivity contribution < 1.29 is 24.5 Å². The summed E-state index contributed by atoms with van der Waals surface area (Å²) in [7, 11) is 0. The Morgan fingerprint density at radius 1 is 1.59 bits per heavy atom. The van der Waals surface area contributed by atoms with E-state index in [1.165, 1.54) is 13.8 Å². The smallest absolute Gasteiger partial charge is 0.338 e. The molecule has 1 heterocycles. The molecule has 1 saturated heterocycles. The predicted octanol–water partition coefficient (Wildman–Crippen LogP) is 0.352. The second-order valence-corrected chi connectivity index (χ2v) is 5.30. The third-order valence-corrected chi connectivity index (χ3v) is 3.29. The van der Waals surface area contributed by atoms with Crippen molar-refractivity contribution in [3.63, 3.8) is 0 Å². The fraction of sp³-hybridized carbons (Fsp3) is 0.750. The van der Waals surface area contributed by atoms with Gasteiger partial charge in [-0.3, -0.25) is 0 Å². The summed E-state index contributed by atoms with van der Waals surface area (Å²) in [4.78, 5) is 11.5. The second kappa shape index (κ2) is 3.80. The lowest BCUT2D eigenvalue weighted by Gasteiger charge is -2.37. The molecule has 1 saturated carbocycles. The van der Waals surface area contributed by atoms with Crippen LogP contribution in [0.4, 0.5) is 0 Å². The van der Waals surface area contributed by atoms with E-state index in [0.29, 0.717) is 0 Å². The lowest BCUT2D eigenvalue weighted by atomic mass is 9.77. The molecule has 96 valence electrons. The molecule has 0 amide bonds. The zero-order chi connectivity index (χ0) is 12.8. The molecule has 2 rings (SSSR count). The molecule has 0 radical (unpaired) electrons. The van der Waals surface area contributed by atoms with Crippen LogP contribution in [0.25, 0.3) is 0 Å². The van der Waals surface area contributed by atoms with Crippen LogP contribution in [0.15, 0.2) is 12.7 Å². The van der Waals surface area contributed by atoms with Crippen molar-refractivity contribution in [1.29, 1.82) is 0 Å². The summed E-state index contributed by atoms with van der Waals surface area (Å²) in [5.74, 6) is -2.12. The van der Waals surface area contributed by atoms with Crippen molar-refractivity contribution in [2.75, 3.05) is 0 Å². The molecule has 0 aromatic carbocycles. The van der Waals surface area contributed by atoms with Crippen LogP contribution in [0.1, 0.15) is 26.7 Å². The van der Waals surface area contributed by atoms with Crippen molar-refractivity contribution in [2.24, 2.45) is 5.92 Å². The first-order valence-corrected chi connectivity index (χ1v) is 5.71. The maximum absolute atomic E-state index is 11.5. The molecular formula is C12H18O5. The van der Waals surface area contributed by atoms with Crippen LogP contribution in [-0.4, -0.2) is 39.8 Å². The van der Waals surface area contributed by atoms with Gasteiger partial charge < -0.3 is 19.7 Å². The summed E-state index contributed by atoms with van der Waals surface area (Å²) in [6.45, 7) is 6.72. The van der Waals surface area contributed by atoms with Gasteiger partial charge in [-0.25, -0.2) is 4.79 Å². The SMILES string of the molecule is C=C[C@@H]1C(OC(C)(C)O)C[C@]2(O)C[C@H]1OC2=O. The molecule has 2 N–H and O–H groups in total. The average molecular weight is 242 g/mol. The monoisotopic (exact) mass is 242 g/mol. The minimum Gasteiger partial charge on any atom is -0.459 e. The van der Waals surface area contributed by atoms with Crippen LogP contribution in [-0.2, 0) is 14.3 Å². The fourth-order valence-corrected chi connectivity index (χ4v) is 2.59. The van der Waals surface area contributed by atoms with Gasteiger partial charge >= 0.3 is 5.97 Å². The summed E-state index contributed by atoms with van der Waals surface area (Å²) in [5.41, 5.74) is -1.47. The Kier molecular flexibility index (Phi) is 2.80. The largest absolute Gasteiger partial charge is 0.459 e. The van der Waals surface area contributed by atoms with Crippen molar-refractivity contribution >= 4 is 5.97 Å². The van der Waals surface area contributed by atoms with Gasteiger partial charge in [0.1, 0.15) is 6.10 Å². The van der Waals surface area contributed by atoms with Gasteiger partial charge in [0, 0.05) is 18.8 Å². The Labute approximate surface area is 100 Å². The number of rotatable bonds is 3. The molecule has 1 aliphatic carbocycles. The number of esters is 1. The van der Waals surface area contributed by atoms with E-state index in [9.17, 15) is 15.0 Å². The van der Waals surface area contributed by atoms with E-state index in [0.717, 1.165) is 0 Å². The summed E-state index contributed by atoms with van der Waals surface area (Å²) in [6, 6.07) is 0. The second-order valence-electron chi connectivity index (χ2n) is 5.30. The van der Waals surface area contributed by atoms with Gasteiger partial charge in [-0.1, -0.05) is 6.08 Å². The molecule has 4 atom stereocenters. The van der Waals surface area contributed by atoms with Gasteiger partial charge in [-0.2, -0.15) is 0 Å². The molecule has 2 bridgehead atoms. The Balaban J connectivity index is 2.21. The van der Waals surface area contributed by atoms with Crippen molar-refractivity contribution in [3.05, 3.63) is 12.7 Å². The number of hydrogen-bond acceptors (Lipinski definition) is 5. The first-order valence-electron chi connectivity index (χ1n) is 5.71. The maximum atomic E-state index is 11.5. The summed E-state index contributed by atoms with van der Waals surface area (Å²) >= 11 is 0. The van der Waals surface area contributed by atoms with Gasteiger partial charge in [0.2, 0.25) is 0 Å². The van der Waals surface area contributed by atoms with Crippen LogP contribution >= 0.6 is 0 Å². The zero-order valence-electron chi connectivity index (χ0n) is 10.0. The van der Waals surface area contributed by atoms with E-state index >= 15 is 0 Å². The van der Waals surface area contributed by atoms with E-state index in [1.807, 2.05) is 0 Å². The Hall–Kier alpha value is -0.910. The highest BCUT2D eigenvalue weighted by Crippen LogP contribution is 2.43. The van der Waals surface area contributed by atoms with Gasteiger partial charge in [0.25, 0.3) is 0 Å². The highest BCUT2D eigenvalue weighted by atomic mass is 16.6. The molecule has 5 heteroatoms. The highest BCUT2D eigenvalue weighted by molar-refractivity contribution is 5.82. The molecule has 5 nitrogen and oxygen atoms in total. The van der Waals surface area contributed by atoms with Crippen molar-refractivity contribution in [1.82, 2.24) is 0 Å². The zero-order valence-corrected chi connectivity index (χ0v) is 10.0. The number of ether oxygens (including phenoxy) is 2. The Morgan fingerprint density at radius 3 is 2.76 bits per heavy atom. The molecular weight excluding hydrogens is 224 g/mol. The molecule has 0 aromatic rings. The Morgan fingerprint density at radius 2 is 2.24 bits per heavy atom. The van der Waals surface area contributed by atoms with Crippen LogP contribution in [0.5, 0.6) is 0 Å². The van der Waals surface area contributed by atoms with E-state index in [-0.39, 0.29) is 18.8 Å². The van der Waals surface area contributed by atoms with Gasteiger partial charge in [-0.05, 0) is 13.8 Å². The minimum absolute atomic E-state index is 0.128. The van der Waals surface area contributed by atoms with E-state index in [4.69, 9.17) is 9.47 Å². The molecule has 1 unspecified atom stereocenters. The van der Waals surface area contributed by atoms with Gasteiger partial charge in [-0.15, -0.1) is 6.58 Å². The Bertz CT molecular complexity index is 345. The molecule has 2 fully saturated rings. The lowest BCUT2D eigenvalue weighted by Crippen LogP contribution is -2.48. The standard InChI is InChI=1S/C12H18O5/c1-4-7-8-5-12(15,10(13)16-8)6-9(7)17-11(2,3)14/h4,7-9,14-15H,1,5-6H2,2-3H3/t7-,8+,9?,12+/m0/s1. The number of aliphatic hydroxyl groups is 2. The first kappa shape index (κ1) is 12.5. The van der Waals surface area contributed by atoms with Crippen LogP contribution in [0.2, 0.25) is 0 Å². The van der Waals surface area contributed by atoms with Crippen LogP contribution in [0, 0.1) is 5.92 Å². The molecule has 0 spiro atoms. The summed E-state index contributed by atoms with van der Waals surface area (Å²) in [6.07, 6.45) is 1.17. The van der Waals surface area contributed by atoms with Gasteiger partial charge in [0.05, 0.1) is 6.10 Å². The molecule has 2 aliphatic rings. The van der Waals surface area contributed by atoms with Crippen molar-refractivity contribution in [2.45, 2.75) is 50.3 Å². The third-order valence-electron chi connectivity index (χ3n) is 3.29. The van der Waals surface area contributed by atoms with E-state index in [2.05, 4.69) is 6.58 Å². The first-order chi connectivity index (χ1) is 7.75. The quantitative estimate of drug-likeness (QED) is 0.424. The molecule has 17 heavy (non-hydrogen) atoms. The average Bonchev–Trinajstić information content (AvgIpc) is 2.36. The minimum atomic E-state index is -1.47. The fourth-order valence-electron chi connectivity index (χ4n) is 2.59. The topological polar surface area (TPSA) is 76.0 Å². The summed E-state index contributed by atoms with van der Waals surface area (Å²) in [5, 5.41) is 19.8.